The zero-order valence-electron chi connectivity index (χ0n) is 23.3. The van der Waals surface area contributed by atoms with Gasteiger partial charge in [0.1, 0.15) is 11.6 Å². The van der Waals surface area contributed by atoms with Crippen molar-refractivity contribution in [3.63, 3.8) is 0 Å². The Kier molecular flexibility index (Phi) is 4.27. The van der Waals surface area contributed by atoms with E-state index in [1.165, 1.54) is 0 Å². The van der Waals surface area contributed by atoms with Crippen LogP contribution in [0.15, 0.2) is 48.8 Å². The second-order valence-electron chi connectivity index (χ2n) is 9.97. The summed E-state index contributed by atoms with van der Waals surface area (Å²) in [5.41, 5.74) is 4.48. The quantitative estimate of drug-likeness (QED) is 0.443. The highest BCUT2D eigenvalue weighted by Gasteiger charge is 2.44. The molecule has 1 N–H and O–H groups in total. The van der Waals surface area contributed by atoms with Crippen molar-refractivity contribution in [2.24, 2.45) is 0 Å². The van der Waals surface area contributed by atoms with Crippen LogP contribution >= 0.6 is 0 Å². The van der Waals surface area contributed by atoms with Crippen molar-refractivity contribution in [3.05, 3.63) is 77.1 Å². The van der Waals surface area contributed by atoms with Gasteiger partial charge in [0.15, 0.2) is 0 Å². The third-order valence-corrected chi connectivity index (χ3v) is 7.22. The molecule has 2 atom stereocenters. The summed E-state index contributed by atoms with van der Waals surface area (Å²) in [5.74, 6) is 6.64. The van der Waals surface area contributed by atoms with Gasteiger partial charge >= 0.3 is 0 Å². The molecule has 4 heterocycles. The van der Waals surface area contributed by atoms with Gasteiger partial charge in [-0.15, -0.1) is 5.92 Å². The van der Waals surface area contributed by atoms with Crippen LogP contribution in [0, 0.1) is 11.8 Å². The molecule has 0 radical (unpaired) electrons. The first-order valence-electron chi connectivity index (χ1n) is 13.4. The maximum Gasteiger partial charge on any atom is 0.254 e. The van der Waals surface area contributed by atoms with E-state index >= 15 is 0 Å². The minimum absolute atomic E-state index is 0.0650. The van der Waals surface area contributed by atoms with E-state index < -0.39 is 24.3 Å². The number of nitrogens with zero attached hydrogens (tertiary/aromatic N) is 5. The van der Waals surface area contributed by atoms with Gasteiger partial charge in [-0.25, -0.2) is 15.0 Å². The van der Waals surface area contributed by atoms with Crippen LogP contribution in [0.25, 0.3) is 22.2 Å². The number of fused-ring (bicyclic) bond motifs is 9. The monoisotopic (exact) mass is 480 g/mol. The van der Waals surface area contributed by atoms with Gasteiger partial charge in [-0.05, 0) is 36.8 Å². The normalized spacial score (nSPS) is 20.1. The maximum absolute atomic E-state index is 13.7. The molecule has 6 rings (SSSR count). The van der Waals surface area contributed by atoms with E-state index in [-0.39, 0.29) is 12.6 Å². The van der Waals surface area contributed by atoms with Gasteiger partial charge in [-0.1, -0.05) is 31.9 Å². The maximum atomic E-state index is 13.7. The van der Waals surface area contributed by atoms with Crippen molar-refractivity contribution in [1.29, 1.82) is 0 Å². The Morgan fingerprint density at radius 2 is 1.97 bits per heavy atom. The fraction of sp³-hybridized carbons (Fsp3) is 0.310. The Morgan fingerprint density at radius 1 is 1.17 bits per heavy atom. The second-order valence-corrected chi connectivity index (χ2v) is 9.97. The number of aliphatic hydroxyl groups is 1. The zero-order chi connectivity index (χ0) is 27.7. The molecule has 2 aliphatic rings. The SMILES string of the molecule is [2H]C([2H])([2H])N1C(=O)c2cccc(C#CC)c2[C@H]2C[C@@H]1c1nc3ccc(-c4cnc(C(C)(C)CO)nc4)cc3n12. The fourth-order valence-electron chi connectivity index (χ4n) is 5.27. The van der Waals surface area contributed by atoms with Crippen LogP contribution < -0.4 is 0 Å². The van der Waals surface area contributed by atoms with Gasteiger partial charge < -0.3 is 14.6 Å². The lowest BCUT2D eigenvalue weighted by molar-refractivity contribution is 0.0734. The van der Waals surface area contributed by atoms with Gasteiger partial charge in [0, 0.05) is 57.6 Å². The minimum atomic E-state index is -2.64. The van der Waals surface area contributed by atoms with E-state index in [4.69, 9.17) is 9.10 Å². The lowest BCUT2D eigenvalue weighted by Gasteiger charge is -2.24. The van der Waals surface area contributed by atoms with E-state index in [1.54, 1.807) is 31.5 Å². The molecule has 36 heavy (non-hydrogen) atoms. The molecule has 2 bridgehead atoms. The van der Waals surface area contributed by atoms with E-state index in [9.17, 15) is 9.90 Å². The number of carbonyl (C=O) groups is 1. The first-order chi connectivity index (χ1) is 18.5. The topological polar surface area (TPSA) is 84.1 Å². The number of aliphatic hydroxyl groups excluding tert-OH is 1. The lowest BCUT2D eigenvalue weighted by atomic mass is 9.93. The minimum Gasteiger partial charge on any atom is -0.395 e. The predicted molar refractivity (Wildman–Crippen MR) is 137 cm³/mol. The second kappa shape index (κ2) is 8.00. The Morgan fingerprint density at radius 3 is 2.69 bits per heavy atom. The van der Waals surface area contributed by atoms with Crippen LogP contribution in [-0.2, 0) is 5.41 Å². The Bertz CT molecular complexity index is 1700. The molecular formula is C29H27N5O2. The molecule has 0 saturated carbocycles. The molecule has 0 fully saturated rings. The van der Waals surface area contributed by atoms with Crippen LogP contribution in [0.2, 0.25) is 0 Å². The van der Waals surface area contributed by atoms with Crippen molar-refractivity contribution in [1.82, 2.24) is 24.4 Å². The molecule has 0 spiro atoms. The first kappa shape index (κ1) is 19.2. The van der Waals surface area contributed by atoms with Crippen molar-refractivity contribution in [3.8, 4) is 23.0 Å². The Balaban J connectivity index is 1.56. The van der Waals surface area contributed by atoms with E-state index in [1.807, 2.05) is 38.1 Å². The zero-order valence-corrected chi connectivity index (χ0v) is 20.3. The molecule has 0 saturated heterocycles. The predicted octanol–water partition coefficient (Wildman–Crippen LogP) is 4.25. The highest BCUT2D eigenvalue weighted by molar-refractivity contribution is 5.98. The Labute approximate surface area is 214 Å². The highest BCUT2D eigenvalue weighted by Crippen LogP contribution is 2.48. The van der Waals surface area contributed by atoms with Gasteiger partial charge in [0.2, 0.25) is 0 Å². The average Bonchev–Trinajstić information content (AvgIpc) is 3.41. The summed E-state index contributed by atoms with van der Waals surface area (Å²) in [7, 11) is 0. The number of hydrogen-bond donors (Lipinski definition) is 1. The van der Waals surface area contributed by atoms with Crippen LogP contribution in [-0.4, -0.2) is 49.0 Å². The van der Waals surface area contributed by atoms with Crippen molar-refractivity contribution in [2.75, 3.05) is 13.6 Å². The van der Waals surface area contributed by atoms with E-state index in [2.05, 4.69) is 26.4 Å². The summed E-state index contributed by atoms with van der Waals surface area (Å²) in [6.07, 6.45) is 3.88. The average molecular weight is 481 g/mol. The van der Waals surface area contributed by atoms with Gasteiger partial charge in [0.25, 0.3) is 5.91 Å². The molecule has 7 nitrogen and oxygen atoms in total. The molecule has 2 aliphatic heterocycles. The third kappa shape index (κ3) is 3.18. The highest BCUT2D eigenvalue weighted by atomic mass is 16.3. The molecule has 1 amide bonds. The molecule has 4 aromatic rings. The summed E-state index contributed by atoms with van der Waals surface area (Å²) in [4.78, 5) is 28.5. The van der Waals surface area contributed by atoms with Crippen LogP contribution in [0.1, 0.15) is 76.5 Å². The van der Waals surface area contributed by atoms with Crippen molar-refractivity contribution in [2.45, 2.75) is 44.7 Å². The molecule has 2 aromatic carbocycles. The summed E-state index contributed by atoms with van der Waals surface area (Å²) in [5, 5.41) is 9.66. The molecule has 0 aliphatic carbocycles. The molecule has 7 heteroatoms. The summed E-state index contributed by atoms with van der Waals surface area (Å²) in [6.45, 7) is 2.80. The smallest absolute Gasteiger partial charge is 0.254 e. The van der Waals surface area contributed by atoms with Crippen molar-refractivity contribution < 1.29 is 14.0 Å². The van der Waals surface area contributed by atoms with E-state index in [0.717, 1.165) is 27.1 Å². The number of rotatable bonds is 3. The third-order valence-electron chi connectivity index (χ3n) is 7.22. The number of benzene rings is 2. The number of amides is 1. The molecular weight excluding hydrogens is 450 g/mol. The molecule has 2 aromatic heterocycles. The first-order valence-corrected chi connectivity index (χ1v) is 11.9. The largest absolute Gasteiger partial charge is 0.395 e. The van der Waals surface area contributed by atoms with Gasteiger partial charge in [0.05, 0.1) is 29.7 Å². The van der Waals surface area contributed by atoms with Crippen molar-refractivity contribution >= 4 is 16.9 Å². The fourth-order valence-corrected chi connectivity index (χ4v) is 5.27. The molecule has 0 unspecified atom stereocenters. The molecule has 180 valence electrons. The summed E-state index contributed by atoms with van der Waals surface area (Å²) >= 11 is 0. The van der Waals surface area contributed by atoms with E-state index in [0.29, 0.717) is 34.7 Å². The standard InChI is InChI=1S/C29H27N5O2/c1-5-7-17-8-6-9-20-25(17)23-13-24(33(4)27(20)36)26-32-21-11-10-18(12-22(21)34(23)26)19-14-30-28(31-15-19)29(2,3)16-35/h6,8-12,14-15,23-24,35H,13,16H2,1-4H3/t23-,24-/m1/s1/i4D3. The lowest BCUT2D eigenvalue weighted by Crippen LogP contribution is -2.30. The number of carbonyl (C=O) groups excluding carboxylic acids is 1. The number of hydrogen-bond acceptors (Lipinski definition) is 5. The Hall–Kier alpha value is -4.02. The summed E-state index contributed by atoms with van der Waals surface area (Å²) in [6, 6.07) is 10.1. The van der Waals surface area contributed by atoms with Crippen LogP contribution in [0.4, 0.5) is 0 Å². The van der Waals surface area contributed by atoms with Crippen LogP contribution in [0.5, 0.6) is 0 Å². The number of imidazole rings is 1. The van der Waals surface area contributed by atoms with Gasteiger partial charge in [-0.3, -0.25) is 4.79 Å². The van der Waals surface area contributed by atoms with Crippen LogP contribution in [0.3, 0.4) is 0 Å². The summed E-state index contributed by atoms with van der Waals surface area (Å²) < 4.78 is 26.7. The number of aromatic nitrogens is 4. The van der Waals surface area contributed by atoms with Gasteiger partial charge in [-0.2, -0.15) is 0 Å².